The molecule has 0 amide bonds. The molecular formula is C27H23ClF2N4O4S. The predicted octanol–water partition coefficient (Wildman–Crippen LogP) is 3.82. The highest BCUT2D eigenvalue weighted by atomic mass is 35.5. The van der Waals surface area contributed by atoms with E-state index in [4.69, 9.17) is 17.3 Å². The number of pyridine rings is 2. The van der Waals surface area contributed by atoms with Crippen molar-refractivity contribution in [2.24, 2.45) is 16.6 Å². The van der Waals surface area contributed by atoms with Gasteiger partial charge in [-0.1, -0.05) is 17.7 Å². The van der Waals surface area contributed by atoms with Gasteiger partial charge in [-0.2, -0.15) is 0 Å². The highest BCUT2D eigenvalue weighted by molar-refractivity contribution is 7.90. The van der Waals surface area contributed by atoms with Crippen molar-refractivity contribution in [1.82, 2.24) is 9.55 Å². The molecule has 2 aromatic heterocycles. The van der Waals surface area contributed by atoms with Crippen LogP contribution in [-0.2, 0) is 14.6 Å². The summed E-state index contributed by atoms with van der Waals surface area (Å²) in [5.41, 5.74) is 5.59. The van der Waals surface area contributed by atoms with Gasteiger partial charge in [0.25, 0.3) is 5.56 Å². The molecule has 0 saturated heterocycles. The second-order valence-electron chi connectivity index (χ2n) is 9.73. The summed E-state index contributed by atoms with van der Waals surface area (Å²) in [4.78, 5) is 33.6. The molecule has 0 spiro atoms. The van der Waals surface area contributed by atoms with Crippen molar-refractivity contribution in [1.29, 1.82) is 0 Å². The van der Waals surface area contributed by atoms with Gasteiger partial charge in [0.1, 0.15) is 15.6 Å². The number of halogens is 3. The smallest absolute Gasteiger partial charge is 0.274 e. The lowest BCUT2D eigenvalue weighted by Crippen LogP contribution is -2.37. The molecule has 2 aliphatic rings. The molecule has 3 aromatic rings. The van der Waals surface area contributed by atoms with Crippen molar-refractivity contribution in [2.45, 2.75) is 37.1 Å². The number of benzene rings is 1. The Hall–Kier alpha value is -3.54. The van der Waals surface area contributed by atoms with Gasteiger partial charge in [-0.15, -0.1) is 0 Å². The molecule has 1 aliphatic heterocycles. The molecule has 1 fully saturated rings. The number of Topliss-reactive ketones (excluding diaryl/α,β-unsaturated/α-hetero) is 1. The van der Waals surface area contributed by atoms with E-state index in [-0.39, 0.29) is 39.5 Å². The molecule has 0 radical (unpaired) electrons. The van der Waals surface area contributed by atoms with Gasteiger partial charge in [0.2, 0.25) is 0 Å². The summed E-state index contributed by atoms with van der Waals surface area (Å²) < 4.78 is 56.2. The monoisotopic (exact) mass is 572 g/mol. The number of hydrogen-bond acceptors (Lipinski definition) is 7. The van der Waals surface area contributed by atoms with Crippen LogP contribution in [0.25, 0.3) is 16.9 Å². The number of rotatable bonds is 5. The summed E-state index contributed by atoms with van der Waals surface area (Å²) in [6.45, 7) is 3.14. The molecule has 3 atom stereocenters. The van der Waals surface area contributed by atoms with Gasteiger partial charge in [-0.25, -0.2) is 17.2 Å². The van der Waals surface area contributed by atoms with Gasteiger partial charge in [0.15, 0.2) is 27.3 Å². The lowest BCUT2D eigenvalue weighted by Gasteiger charge is -2.18. The van der Waals surface area contributed by atoms with Gasteiger partial charge in [-0.05, 0) is 61.6 Å². The highest BCUT2D eigenvalue weighted by Gasteiger charge is 2.47. The maximum absolute atomic E-state index is 16.0. The molecule has 1 saturated carbocycles. The van der Waals surface area contributed by atoms with Gasteiger partial charge in [0, 0.05) is 35.8 Å². The van der Waals surface area contributed by atoms with Crippen LogP contribution in [0.5, 0.6) is 0 Å². The fourth-order valence-electron chi connectivity index (χ4n) is 4.95. The number of aryl methyl sites for hydroxylation is 2. The number of sulfone groups is 1. The third-order valence-corrected chi connectivity index (χ3v) is 8.48. The number of nitrogens with zero attached hydrogens (tertiary/aromatic N) is 3. The molecule has 12 heteroatoms. The van der Waals surface area contributed by atoms with Gasteiger partial charge >= 0.3 is 0 Å². The molecule has 5 rings (SSSR count). The standard InChI is InChI=1S/C27H23ClF2N4O4S/c1-12-11-33-23(14-5-4-6-19(21(14)29)39(3,37)38)22(30)25(12)34-13(2)9-16(20(28)27(34)36)15-10-17(15)24-26(35)18(31)7-8-32-24/h4-9,11,15,17-18H,10,31H2,1-3H3/t15-,17+,18?/m1/s1. The molecule has 0 bridgehead atoms. The normalized spacial score (nSPS) is 20.7. The second kappa shape index (κ2) is 9.58. The number of carbonyl (C=O) groups is 1. The van der Waals surface area contributed by atoms with Crippen LogP contribution in [-0.4, -0.2) is 41.8 Å². The molecule has 3 heterocycles. The van der Waals surface area contributed by atoms with E-state index in [1.165, 1.54) is 37.5 Å². The summed E-state index contributed by atoms with van der Waals surface area (Å²) in [6.07, 6.45) is 5.66. The first-order valence-corrected chi connectivity index (χ1v) is 14.2. The molecule has 1 aromatic carbocycles. The molecular weight excluding hydrogens is 550 g/mol. The first-order chi connectivity index (χ1) is 18.3. The number of aromatic nitrogens is 2. The summed E-state index contributed by atoms with van der Waals surface area (Å²) in [7, 11) is -3.93. The second-order valence-corrected chi connectivity index (χ2v) is 12.1. The summed E-state index contributed by atoms with van der Waals surface area (Å²) in [5, 5.41) is -0.140. The summed E-state index contributed by atoms with van der Waals surface area (Å²) in [5.74, 6) is -2.90. The van der Waals surface area contributed by atoms with Crippen molar-refractivity contribution in [3.63, 3.8) is 0 Å². The van der Waals surface area contributed by atoms with E-state index in [2.05, 4.69) is 9.98 Å². The highest BCUT2D eigenvalue weighted by Crippen LogP contribution is 2.50. The quantitative estimate of drug-likeness (QED) is 0.495. The first kappa shape index (κ1) is 27.0. The Morgan fingerprint density at radius 3 is 2.54 bits per heavy atom. The fourth-order valence-corrected chi connectivity index (χ4v) is 5.99. The number of ketones is 1. The predicted molar refractivity (Wildman–Crippen MR) is 143 cm³/mol. The number of nitrogens with two attached hydrogens (primary N) is 1. The van der Waals surface area contributed by atoms with Crippen LogP contribution in [0.2, 0.25) is 5.02 Å². The van der Waals surface area contributed by atoms with Crippen LogP contribution in [0.3, 0.4) is 0 Å². The third kappa shape index (κ3) is 4.54. The Kier molecular flexibility index (Phi) is 6.64. The minimum Gasteiger partial charge on any atom is -0.318 e. The minimum absolute atomic E-state index is 0.140. The van der Waals surface area contributed by atoms with Gasteiger partial charge < -0.3 is 5.73 Å². The van der Waals surface area contributed by atoms with Crippen LogP contribution in [0.4, 0.5) is 8.78 Å². The van der Waals surface area contributed by atoms with Crippen molar-refractivity contribution in [3.05, 3.63) is 86.6 Å². The van der Waals surface area contributed by atoms with Crippen molar-refractivity contribution >= 4 is 32.9 Å². The first-order valence-electron chi connectivity index (χ1n) is 11.9. The Labute approximate surface area is 227 Å². The molecule has 2 N–H and O–H groups in total. The Balaban J connectivity index is 1.60. The van der Waals surface area contributed by atoms with E-state index < -0.39 is 43.7 Å². The third-order valence-electron chi connectivity index (χ3n) is 6.98. The Morgan fingerprint density at radius 2 is 1.85 bits per heavy atom. The lowest BCUT2D eigenvalue weighted by molar-refractivity contribution is -0.113. The Morgan fingerprint density at radius 1 is 1.13 bits per heavy atom. The van der Waals surface area contributed by atoms with E-state index in [1.807, 2.05) is 0 Å². The maximum atomic E-state index is 16.0. The molecule has 1 aliphatic carbocycles. The molecule has 8 nitrogen and oxygen atoms in total. The van der Waals surface area contributed by atoms with Crippen LogP contribution < -0.4 is 11.3 Å². The maximum Gasteiger partial charge on any atom is 0.274 e. The number of carbonyl (C=O) groups excluding carboxylic acids is 1. The molecule has 1 unspecified atom stereocenters. The average molecular weight is 573 g/mol. The van der Waals surface area contributed by atoms with Crippen molar-refractivity contribution < 1.29 is 22.0 Å². The fraction of sp³-hybridized carbons (Fsp3) is 0.259. The van der Waals surface area contributed by atoms with Crippen LogP contribution in [0, 0.1) is 31.4 Å². The Bertz CT molecular complexity index is 1800. The van der Waals surface area contributed by atoms with E-state index in [0.29, 0.717) is 23.4 Å². The zero-order chi connectivity index (χ0) is 28.4. The SMILES string of the molecule is Cc1cnc(-c2cccc(S(C)(=O)=O)c2F)c(F)c1-n1c(C)cc([C@H]2C[C@@H]2C2=NC=CC(N)C2=O)c(Cl)c1=O. The van der Waals surface area contributed by atoms with E-state index >= 15 is 8.78 Å². The van der Waals surface area contributed by atoms with Crippen molar-refractivity contribution in [2.75, 3.05) is 6.26 Å². The molecule has 39 heavy (non-hydrogen) atoms. The van der Waals surface area contributed by atoms with E-state index in [1.54, 1.807) is 13.0 Å². The zero-order valence-corrected chi connectivity index (χ0v) is 22.6. The van der Waals surface area contributed by atoms with Crippen molar-refractivity contribution in [3.8, 4) is 16.9 Å². The average Bonchev–Trinajstić information content (AvgIpc) is 3.65. The summed E-state index contributed by atoms with van der Waals surface area (Å²) >= 11 is 6.52. The van der Waals surface area contributed by atoms with Crippen LogP contribution in [0.1, 0.15) is 29.2 Å². The molecule has 202 valence electrons. The van der Waals surface area contributed by atoms with E-state index in [0.717, 1.165) is 16.9 Å². The minimum atomic E-state index is -3.93. The lowest BCUT2D eigenvalue weighted by atomic mass is 9.99. The number of hydrogen-bond donors (Lipinski definition) is 1. The summed E-state index contributed by atoms with van der Waals surface area (Å²) in [6, 6.07) is 4.47. The van der Waals surface area contributed by atoms with Crippen LogP contribution >= 0.6 is 11.6 Å². The zero-order valence-electron chi connectivity index (χ0n) is 21.1. The largest absolute Gasteiger partial charge is 0.318 e. The van der Waals surface area contributed by atoms with Crippen LogP contribution in [0.15, 0.2) is 57.4 Å². The topological polar surface area (TPSA) is 124 Å². The van der Waals surface area contributed by atoms with E-state index in [9.17, 15) is 18.0 Å². The number of aliphatic imine (C=N–C) groups is 1. The van der Waals surface area contributed by atoms with Gasteiger partial charge in [0.05, 0.1) is 17.4 Å². The van der Waals surface area contributed by atoms with Gasteiger partial charge in [-0.3, -0.25) is 24.1 Å².